The fourth-order valence-electron chi connectivity index (χ4n) is 2.09. The first kappa shape index (κ1) is 10.7. The first-order chi connectivity index (χ1) is 7.50. The summed E-state index contributed by atoms with van der Waals surface area (Å²) in [5.41, 5.74) is 6.78. The molecule has 2 N–H and O–H groups in total. The summed E-state index contributed by atoms with van der Waals surface area (Å²) in [5, 5.41) is 0. The van der Waals surface area contributed by atoms with Crippen molar-refractivity contribution in [3.63, 3.8) is 0 Å². The molecule has 2 aromatic rings. The fourth-order valence-corrected chi connectivity index (χ4v) is 2.09. The Morgan fingerprint density at radius 1 is 1.00 bits per heavy atom. The van der Waals surface area contributed by atoms with Gasteiger partial charge in [-0.3, -0.25) is 0 Å². The van der Waals surface area contributed by atoms with E-state index in [4.69, 9.17) is 0 Å². The first-order valence-corrected chi connectivity index (χ1v) is 5.36. The van der Waals surface area contributed by atoms with E-state index in [1.54, 1.807) is 6.20 Å². The monoisotopic (exact) mass is 216 g/mol. The van der Waals surface area contributed by atoms with Crippen molar-refractivity contribution in [1.29, 1.82) is 0 Å². The molecule has 0 aliphatic carbocycles. The van der Waals surface area contributed by atoms with Crippen molar-refractivity contribution >= 4 is 0 Å². The summed E-state index contributed by atoms with van der Waals surface area (Å²) in [6, 6.07) is 2.18. The molecule has 3 heteroatoms. The molecule has 0 aliphatic heterocycles. The van der Waals surface area contributed by atoms with Crippen molar-refractivity contribution in [2.75, 3.05) is 0 Å². The molecule has 0 spiro atoms. The van der Waals surface area contributed by atoms with Gasteiger partial charge >= 0.3 is 5.69 Å². The zero-order valence-corrected chi connectivity index (χ0v) is 10.1. The van der Waals surface area contributed by atoms with E-state index < -0.39 is 0 Å². The number of hydrogen-bond donors (Lipinski definition) is 2. The van der Waals surface area contributed by atoms with E-state index in [9.17, 15) is 4.79 Å². The highest BCUT2D eigenvalue weighted by atomic mass is 16.1. The molecule has 0 radical (unpaired) electrons. The average Bonchev–Trinajstić information content (AvgIpc) is 2.62. The van der Waals surface area contributed by atoms with Crippen molar-refractivity contribution in [2.45, 2.75) is 27.7 Å². The van der Waals surface area contributed by atoms with Gasteiger partial charge in [0, 0.05) is 11.8 Å². The largest absolute Gasteiger partial charge is 0.323 e. The lowest BCUT2D eigenvalue weighted by Gasteiger charge is -2.13. The molecule has 1 heterocycles. The van der Waals surface area contributed by atoms with Gasteiger partial charge in [-0.2, -0.15) is 0 Å². The topological polar surface area (TPSA) is 48.6 Å². The van der Waals surface area contributed by atoms with E-state index in [-0.39, 0.29) is 5.69 Å². The minimum absolute atomic E-state index is 0.159. The van der Waals surface area contributed by atoms with Gasteiger partial charge in [0.2, 0.25) is 0 Å². The second-order valence-electron chi connectivity index (χ2n) is 4.29. The summed E-state index contributed by atoms with van der Waals surface area (Å²) in [5.74, 6) is 0. The Bertz CT molecular complexity index is 564. The highest BCUT2D eigenvalue weighted by molar-refractivity contribution is 5.70. The number of hydrogen-bond acceptors (Lipinski definition) is 1. The summed E-state index contributed by atoms with van der Waals surface area (Å²) in [6.07, 6.45) is 1.73. The number of aromatic amines is 2. The second kappa shape index (κ2) is 3.67. The van der Waals surface area contributed by atoms with Crippen LogP contribution in [0.4, 0.5) is 0 Å². The number of benzene rings is 1. The maximum atomic E-state index is 11.1. The Morgan fingerprint density at radius 3 is 2.00 bits per heavy atom. The highest BCUT2D eigenvalue weighted by Gasteiger charge is 2.11. The number of aryl methyl sites for hydroxylation is 2. The van der Waals surface area contributed by atoms with E-state index >= 15 is 0 Å². The minimum atomic E-state index is -0.159. The van der Waals surface area contributed by atoms with E-state index in [0.29, 0.717) is 0 Å². The Kier molecular flexibility index (Phi) is 2.46. The molecule has 16 heavy (non-hydrogen) atoms. The summed E-state index contributed by atoms with van der Waals surface area (Å²) >= 11 is 0. The molecule has 0 aliphatic rings. The molecule has 0 atom stereocenters. The maximum absolute atomic E-state index is 11.1. The summed E-state index contributed by atoms with van der Waals surface area (Å²) in [6.45, 7) is 8.36. The quantitative estimate of drug-likeness (QED) is 0.756. The lowest BCUT2D eigenvalue weighted by molar-refractivity contribution is 1.18. The zero-order chi connectivity index (χ0) is 11.9. The molecular formula is C13H16N2O. The third-order valence-electron chi connectivity index (χ3n) is 3.23. The van der Waals surface area contributed by atoms with Crippen LogP contribution in [0.5, 0.6) is 0 Å². The van der Waals surface area contributed by atoms with Crippen LogP contribution in [0.15, 0.2) is 17.1 Å². The van der Waals surface area contributed by atoms with E-state index in [0.717, 1.165) is 11.3 Å². The molecule has 0 fully saturated rings. The SMILES string of the molecule is Cc1cc(C)c(C)c(-c2c[nH]c(=O)[nH]2)c1C. The number of rotatable bonds is 1. The second-order valence-corrected chi connectivity index (χ2v) is 4.29. The average molecular weight is 216 g/mol. The van der Waals surface area contributed by atoms with Gasteiger partial charge in [0.15, 0.2) is 0 Å². The molecule has 0 bridgehead atoms. The van der Waals surface area contributed by atoms with Crippen molar-refractivity contribution < 1.29 is 0 Å². The summed E-state index contributed by atoms with van der Waals surface area (Å²) in [4.78, 5) is 16.6. The Hall–Kier alpha value is -1.77. The smallest absolute Gasteiger partial charge is 0.312 e. The zero-order valence-electron chi connectivity index (χ0n) is 10.1. The van der Waals surface area contributed by atoms with Crippen LogP contribution in [-0.2, 0) is 0 Å². The molecule has 1 aromatic carbocycles. The lowest BCUT2D eigenvalue weighted by Crippen LogP contribution is -2.01. The highest BCUT2D eigenvalue weighted by Crippen LogP contribution is 2.29. The van der Waals surface area contributed by atoms with Gasteiger partial charge in [0.25, 0.3) is 0 Å². The molecule has 1 aromatic heterocycles. The van der Waals surface area contributed by atoms with Gasteiger partial charge in [0.1, 0.15) is 0 Å². The Balaban J connectivity index is 2.78. The van der Waals surface area contributed by atoms with Crippen molar-refractivity contribution in [2.24, 2.45) is 0 Å². The maximum Gasteiger partial charge on any atom is 0.323 e. The molecule has 84 valence electrons. The molecule has 3 nitrogen and oxygen atoms in total. The molecule has 0 unspecified atom stereocenters. The third-order valence-corrected chi connectivity index (χ3v) is 3.23. The number of nitrogens with one attached hydrogen (secondary N) is 2. The van der Waals surface area contributed by atoms with E-state index in [2.05, 4.69) is 43.7 Å². The fraction of sp³-hybridized carbons (Fsp3) is 0.308. The molecule has 0 amide bonds. The number of imidazole rings is 1. The molecule has 0 saturated heterocycles. The molecular weight excluding hydrogens is 200 g/mol. The van der Waals surface area contributed by atoms with Gasteiger partial charge in [-0.05, 0) is 49.9 Å². The van der Waals surface area contributed by atoms with Crippen LogP contribution >= 0.6 is 0 Å². The van der Waals surface area contributed by atoms with Crippen LogP contribution in [0.1, 0.15) is 22.3 Å². The first-order valence-electron chi connectivity index (χ1n) is 5.36. The van der Waals surface area contributed by atoms with Crippen LogP contribution in [0.2, 0.25) is 0 Å². The van der Waals surface area contributed by atoms with Gasteiger partial charge in [-0.1, -0.05) is 6.07 Å². The standard InChI is InChI=1S/C13H16N2O/c1-7-5-8(2)10(4)12(9(7)3)11-6-14-13(16)15-11/h5-6H,1-4H3,(H2,14,15,16). The van der Waals surface area contributed by atoms with Gasteiger partial charge in [0.05, 0.1) is 5.69 Å². The summed E-state index contributed by atoms with van der Waals surface area (Å²) in [7, 11) is 0. The van der Waals surface area contributed by atoms with Crippen LogP contribution < -0.4 is 5.69 Å². The van der Waals surface area contributed by atoms with Gasteiger partial charge in [-0.15, -0.1) is 0 Å². The molecule has 0 saturated carbocycles. The normalized spacial score (nSPS) is 10.8. The number of aromatic nitrogens is 2. The minimum Gasteiger partial charge on any atom is -0.312 e. The predicted molar refractivity (Wildman–Crippen MR) is 65.8 cm³/mol. The Morgan fingerprint density at radius 2 is 1.56 bits per heavy atom. The Labute approximate surface area is 94.5 Å². The summed E-state index contributed by atoms with van der Waals surface area (Å²) < 4.78 is 0. The van der Waals surface area contributed by atoms with Crippen molar-refractivity contribution in [3.05, 3.63) is 45.0 Å². The lowest BCUT2D eigenvalue weighted by atomic mass is 9.93. The number of H-pyrrole nitrogens is 2. The van der Waals surface area contributed by atoms with Crippen LogP contribution in [0.3, 0.4) is 0 Å². The third kappa shape index (κ3) is 1.58. The predicted octanol–water partition coefficient (Wildman–Crippen LogP) is 2.60. The van der Waals surface area contributed by atoms with Crippen LogP contribution in [0.25, 0.3) is 11.3 Å². The van der Waals surface area contributed by atoms with Gasteiger partial charge < -0.3 is 9.97 Å². The molecule has 2 rings (SSSR count). The van der Waals surface area contributed by atoms with Crippen molar-refractivity contribution in [1.82, 2.24) is 9.97 Å². The van der Waals surface area contributed by atoms with E-state index in [1.807, 2.05) is 0 Å². The van der Waals surface area contributed by atoms with Crippen LogP contribution in [-0.4, -0.2) is 9.97 Å². The van der Waals surface area contributed by atoms with Crippen LogP contribution in [0, 0.1) is 27.7 Å². The van der Waals surface area contributed by atoms with Crippen molar-refractivity contribution in [3.8, 4) is 11.3 Å². The van der Waals surface area contributed by atoms with Gasteiger partial charge in [-0.25, -0.2) is 4.79 Å². The van der Waals surface area contributed by atoms with E-state index in [1.165, 1.54) is 22.3 Å².